The molecule has 1 aromatic heterocycles. The van der Waals surface area contributed by atoms with Gasteiger partial charge in [-0.25, -0.2) is 9.59 Å². The molecule has 0 aliphatic heterocycles. The zero-order valence-corrected chi connectivity index (χ0v) is 28.5. The minimum absolute atomic E-state index is 0.247. The highest BCUT2D eigenvalue weighted by Crippen LogP contribution is 2.46. The molecule has 0 fully saturated rings. The Morgan fingerprint density at radius 3 is 2.02 bits per heavy atom. The number of unbranched alkanes of at least 4 members (excludes halogenated alkanes) is 13. The van der Waals surface area contributed by atoms with Gasteiger partial charge in [-0.2, -0.15) is 0 Å². The van der Waals surface area contributed by atoms with Crippen LogP contribution in [-0.4, -0.2) is 54.1 Å². The van der Waals surface area contributed by atoms with E-state index in [4.69, 9.17) is 18.5 Å². The van der Waals surface area contributed by atoms with Crippen molar-refractivity contribution in [3.63, 3.8) is 0 Å². The molecule has 1 heterocycles. The maximum atomic E-state index is 12.2. The van der Waals surface area contributed by atoms with Crippen LogP contribution in [0.3, 0.4) is 0 Å². The topological polar surface area (TPSA) is 109 Å². The molecule has 1 unspecified atom stereocenters. The van der Waals surface area contributed by atoms with Crippen LogP contribution < -0.4 is 11.2 Å². The molecule has 0 spiro atoms. The van der Waals surface area contributed by atoms with Gasteiger partial charge >= 0.3 is 11.8 Å². The molecule has 9 nitrogen and oxygen atoms in total. The van der Waals surface area contributed by atoms with E-state index in [1.165, 1.54) is 94.2 Å². The molecule has 0 aliphatic rings. The third-order valence-corrected chi connectivity index (χ3v) is 8.92. The van der Waals surface area contributed by atoms with E-state index in [2.05, 4.69) is 11.9 Å². The summed E-state index contributed by atoms with van der Waals surface area (Å²) in [6.07, 6.45) is 23.2. The Balaban J connectivity index is 2.27. The molecular formula is C33H59N2O7P. The van der Waals surface area contributed by atoms with Gasteiger partial charge in [0.05, 0.1) is 12.7 Å². The second kappa shape index (κ2) is 24.3. The van der Waals surface area contributed by atoms with Gasteiger partial charge in [0.15, 0.2) is 7.34 Å². The van der Waals surface area contributed by atoms with E-state index in [-0.39, 0.29) is 12.6 Å². The van der Waals surface area contributed by atoms with E-state index in [1.807, 2.05) is 0 Å². The number of H-pyrrole nitrogens is 1. The fraction of sp³-hybridized carbons (Fsp3) is 0.758. The van der Waals surface area contributed by atoms with Crippen molar-refractivity contribution in [2.24, 2.45) is 0 Å². The third-order valence-electron chi connectivity index (χ3n) is 6.99. The lowest BCUT2D eigenvalue weighted by molar-refractivity contribution is 0.0701. The number of ether oxygens (including phenoxy) is 2. The second-order valence-corrected chi connectivity index (χ2v) is 14.2. The van der Waals surface area contributed by atoms with Gasteiger partial charge in [-0.05, 0) is 39.4 Å². The zero-order chi connectivity index (χ0) is 31.8. The van der Waals surface area contributed by atoms with Crippen LogP contribution in [0.4, 0.5) is 4.79 Å². The van der Waals surface area contributed by atoms with E-state index >= 15 is 0 Å². The lowest BCUT2D eigenvalue weighted by atomic mass is 10.0. The Bertz CT molecular complexity index is 1080. The predicted octanol–water partition coefficient (Wildman–Crippen LogP) is 8.15. The van der Waals surface area contributed by atoms with Gasteiger partial charge in [0.1, 0.15) is 0 Å². The molecule has 0 saturated heterocycles. The number of hydrogen-bond donors (Lipinski definition) is 1. The number of aromatic amines is 1. The van der Waals surface area contributed by atoms with Crippen molar-refractivity contribution in [3.05, 3.63) is 44.8 Å². The largest absolute Gasteiger partial charge is 0.513 e. The normalized spacial score (nSPS) is 13.0. The van der Waals surface area contributed by atoms with Crippen LogP contribution in [0, 0.1) is 6.92 Å². The van der Waals surface area contributed by atoms with Crippen LogP contribution >= 0.6 is 7.34 Å². The Morgan fingerprint density at radius 1 is 0.884 bits per heavy atom. The molecule has 0 radical (unpaired) electrons. The summed E-state index contributed by atoms with van der Waals surface area (Å²) in [5, 5.41) is 0. The number of carbonyl (C=O) groups excluding carboxylic acids is 1. The van der Waals surface area contributed by atoms with Gasteiger partial charge in [0.2, 0.25) is 0 Å². The summed E-state index contributed by atoms with van der Waals surface area (Å²) in [7, 11) is -2.71. The minimum atomic E-state index is -2.71. The van der Waals surface area contributed by atoms with Crippen LogP contribution in [0.15, 0.2) is 27.9 Å². The van der Waals surface area contributed by atoms with E-state index < -0.39 is 24.7 Å². The summed E-state index contributed by atoms with van der Waals surface area (Å²) >= 11 is 0. The van der Waals surface area contributed by atoms with Gasteiger partial charge in [-0.1, -0.05) is 103 Å². The lowest BCUT2D eigenvalue weighted by Crippen LogP contribution is -2.30. The summed E-state index contributed by atoms with van der Waals surface area (Å²) in [5.41, 5.74) is -0.437. The number of hydrogen-bond acceptors (Lipinski definition) is 7. The standard InChI is InChI=1S/C33H59N2O7P/c1-6-7-8-9-10-11-12-13-14-15-16-17-18-20-24-39-25-22-26-40-43(5,42-33(38)41-29(2)3)27-21-19-23-35-28-30(4)31(36)34-32(35)37/h19,21,27-29H,6-18,20,22-26H2,1-5H3,(H,34,36,37)/b21-19+. The quantitative estimate of drug-likeness (QED) is 0.0663. The predicted molar refractivity (Wildman–Crippen MR) is 179 cm³/mol. The fourth-order valence-corrected chi connectivity index (χ4v) is 5.98. The number of nitrogens with one attached hydrogen (secondary N) is 1. The van der Waals surface area contributed by atoms with Gasteiger partial charge < -0.3 is 18.5 Å². The monoisotopic (exact) mass is 626 g/mol. The first-order valence-electron chi connectivity index (χ1n) is 16.5. The lowest BCUT2D eigenvalue weighted by Gasteiger charge is -2.21. The van der Waals surface area contributed by atoms with Crippen LogP contribution in [0.2, 0.25) is 0 Å². The number of aromatic nitrogens is 2. The summed E-state index contributed by atoms with van der Waals surface area (Å²) in [6, 6.07) is 0. The first kappa shape index (κ1) is 38.9. The van der Waals surface area contributed by atoms with Crippen LogP contribution in [-0.2, 0) is 25.1 Å². The van der Waals surface area contributed by atoms with Gasteiger partial charge in [-0.15, -0.1) is 0 Å². The van der Waals surface area contributed by atoms with Crippen molar-refractivity contribution in [1.82, 2.24) is 9.55 Å². The minimum Gasteiger partial charge on any atom is -0.431 e. The molecule has 43 heavy (non-hydrogen) atoms. The molecule has 0 aliphatic carbocycles. The number of aryl methyl sites for hydroxylation is 1. The molecule has 1 rings (SSSR count). The zero-order valence-electron chi connectivity index (χ0n) is 27.6. The molecule has 10 heteroatoms. The Morgan fingerprint density at radius 2 is 1.44 bits per heavy atom. The molecule has 1 atom stereocenters. The molecular weight excluding hydrogens is 567 g/mol. The van der Waals surface area contributed by atoms with Crippen LogP contribution in [0.5, 0.6) is 0 Å². The summed E-state index contributed by atoms with van der Waals surface area (Å²) in [5.74, 6) is 1.70. The van der Waals surface area contributed by atoms with Crippen molar-refractivity contribution in [2.45, 2.75) is 137 Å². The molecule has 0 saturated carbocycles. The van der Waals surface area contributed by atoms with Crippen molar-refractivity contribution in [3.8, 4) is 0 Å². The first-order valence-corrected chi connectivity index (χ1v) is 18.6. The summed E-state index contributed by atoms with van der Waals surface area (Å²) in [4.78, 5) is 38.0. The Kier molecular flexibility index (Phi) is 22.0. The molecule has 1 aromatic rings. The third kappa shape index (κ3) is 20.5. The molecule has 1 N–H and O–H groups in total. The molecule has 0 aromatic carbocycles. The van der Waals surface area contributed by atoms with Crippen molar-refractivity contribution < 1.29 is 23.3 Å². The Hall–Kier alpha value is -2.09. The first-order chi connectivity index (χ1) is 20.7. The van der Waals surface area contributed by atoms with Crippen molar-refractivity contribution >= 4 is 19.3 Å². The highest BCUT2D eigenvalue weighted by atomic mass is 31.2. The molecule has 0 bridgehead atoms. The van der Waals surface area contributed by atoms with E-state index in [0.29, 0.717) is 25.2 Å². The summed E-state index contributed by atoms with van der Waals surface area (Å²) < 4.78 is 23.9. The number of nitrogens with zero attached hydrogens (tertiary/aromatic N) is 1. The maximum Gasteiger partial charge on any atom is 0.513 e. The van der Waals surface area contributed by atoms with E-state index in [0.717, 1.165) is 13.0 Å². The van der Waals surface area contributed by atoms with Gasteiger partial charge in [-0.3, -0.25) is 14.3 Å². The smallest absolute Gasteiger partial charge is 0.431 e. The van der Waals surface area contributed by atoms with Gasteiger partial charge in [0.25, 0.3) is 5.56 Å². The van der Waals surface area contributed by atoms with Crippen molar-refractivity contribution in [2.75, 3.05) is 26.5 Å². The highest BCUT2D eigenvalue weighted by Gasteiger charge is 2.19. The van der Waals surface area contributed by atoms with E-state index in [1.54, 1.807) is 45.4 Å². The Labute approximate surface area is 259 Å². The molecule has 248 valence electrons. The fourth-order valence-electron chi connectivity index (χ4n) is 4.52. The SMILES string of the molecule is CCCCCCCCCCCCCCCCOCCCOP(C)(=C/C=C/Cn1cc(C)c(=O)[nH]c1=O)OC(=O)OC(C)C. The highest BCUT2D eigenvalue weighted by molar-refractivity contribution is 7.65. The average Bonchev–Trinajstić information content (AvgIpc) is 2.94. The van der Waals surface area contributed by atoms with Crippen molar-refractivity contribution in [1.29, 1.82) is 0 Å². The number of rotatable bonds is 25. The maximum absolute atomic E-state index is 12.2. The number of carbonyl (C=O) groups is 1. The summed E-state index contributed by atoms with van der Waals surface area (Å²) in [6.45, 7) is 11.1. The van der Waals surface area contributed by atoms with E-state index in [9.17, 15) is 14.4 Å². The number of allylic oxidation sites excluding steroid dienone is 2. The molecule has 0 amide bonds. The average molecular weight is 627 g/mol. The van der Waals surface area contributed by atoms with Gasteiger partial charge in [0, 0.05) is 38.2 Å². The van der Waals surface area contributed by atoms with Crippen LogP contribution in [0.25, 0.3) is 0 Å². The van der Waals surface area contributed by atoms with Crippen LogP contribution in [0.1, 0.15) is 123 Å². The second-order valence-electron chi connectivity index (χ2n) is 11.6.